The average molecular weight is 508 g/mol. The van der Waals surface area contributed by atoms with E-state index >= 15 is 0 Å². The lowest BCUT2D eigenvalue weighted by Gasteiger charge is -2.30. The number of halogens is 1. The first kappa shape index (κ1) is 24.8. The maximum absolute atomic E-state index is 14.1. The Morgan fingerprint density at radius 1 is 0.944 bits per heavy atom. The Labute approximate surface area is 214 Å². The molecule has 1 fully saturated rings. The van der Waals surface area contributed by atoms with Crippen LogP contribution in [-0.4, -0.2) is 45.4 Å². The molecule has 2 aliphatic heterocycles. The molecule has 0 N–H and O–H groups in total. The number of fused-ring (bicyclic) bond motifs is 1. The molecule has 1 saturated heterocycles. The summed E-state index contributed by atoms with van der Waals surface area (Å²) >= 11 is 0. The van der Waals surface area contributed by atoms with Crippen molar-refractivity contribution in [3.8, 4) is 11.1 Å². The summed E-state index contributed by atoms with van der Waals surface area (Å²) < 4.78 is 43.5. The lowest BCUT2D eigenvalue weighted by atomic mass is 10.0. The normalized spacial score (nSPS) is 19.8. The van der Waals surface area contributed by atoms with E-state index in [-0.39, 0.29) is 11.9 Å². The van der Waals surface area contributed by atoms with Crippen molar-refractivity contribution in [2.24, 2.45) is 0 Å². The Bertz CT molecular complexity index is 1310. The summed E-state index contributed by atoms with van der Waals surface area (Å²) in [4.78, 5) is 4.80. The average Bonchev–Trinajstić information content (AvgIpc) is 3.41. The van der Waals surface area contributed by atoms with Crippen molar-refractivity contribution < 1.29 is 12.8 Å². The molecule has 2 heterocycles. The van der Waals surface area contributed by atoms with E-state index in [0.717, 1.165) is 67.7 Å². The Hall–Kier alpha value is -2.90. The summed E-state index contributed by atoms with van der Waals surface area (Å²) in [6, 6.07) is 20.1. The monoisotopic (exact) mass is 507 g/mol. The summed E-state index contributed by atoms with van der Waals surface area (Å²) in [6.07, 6.45) is 4.97. The molecule has 36 heavy (non-hydrogen) atoms. The number of nitrogens with zero attached hydrogens (tertiary/aromatic N) is 3. The van der Waals surface area contributed by atoms with Crippen LogP contribution in [0.1, 0.15) is 39.0 Å². The zero-order valence-electron chi connectivity index (χ0n) is 21.0. The maximum atomic E-state index is 14.1. The SMILES string of the molecule is CCCC[C@@H]1CN(c2ccccc2)c2cc(N3CCCC3)c(-c3ccc(F)cc3)cc2S(=O)(=O)N1C. The molecule has 3 aromatic rings. The van der Waals surface area contributed by atoms with Crippen LogP contribution in [0.15, 0.2) is 71.6 Å². The first-order valence-corrected chi connectivity index (χ1v) is 14.3. The van der Waals surface area contributed by atoms with Crippen LogP contribution >= 0.6 is 0 Å². The van der Waals surface area contributed by atoms with Gasteiger partial charge in [0.25, 0.3) is 0 Å². The van der Waals surface area contributed by atoms with E-state index in [9.17, 15) is 12.8 Å². The molecule has 0 unspecified atom stereocenters. The third-order valence-electron chi connectivity index (χ3n) is 7.49. The van der Waals surface area contributed by atoms with Crippen LogP contribution in [-0.2, 0) is 10.0 Å². The van der Waals surface area contributed by atoms with Gasteiger partial charge in [-0.2, -0.15) is 4.31 Å². The molecule has 0 aromatic heterocycles. The van der Waals surface area contributed by atoms with Gasteiger partial charge in [-0.3, -0.25) is 0 Å². The number of rotatable bonds is 6. The van der Waals surface area contributed by atoms with Crippen LogP contribution in [0, 0.1) is 5.82 Å². The summed E-state index contributed by atoms with van der Waals surface area (Å²) in [7, 11) is -2.05. The number of hydrogen-bond acceptors (Lipinski definition) is 4. The first-order chi connectivity index (χ1) is 17.4. The quantitative estimate of drug-likeness (QED) is 0.386. The Kier molecular flexibility index (Phi) is 7.04. The van der Waals surface area contributed by atoms with Gasteiger partial charge >= 0.3 is 0 Å². The highest BCUT2D eigenvalue weighted by atomic mass is 32.2. The fraction of sp³-hybridized carbons (Fsp3) is 0.379. The van der Waals surface area contributed by atoms with Crippen LogP contribution in [0.2, 0.25) is 0 Å². The van der Waals surface area contributed by atoms with Gasteiger partial charge in [0.15, 0.2) is 0 Å². The van der Waals surface area contributed by atoms with Crippen molar-refractivity contribution >= 4 is 27.1 Å². The smallest absolute Gasteiger partial charge is 0.245 e. The van der Waals surface area contributed by atoms with Crippen molar-refractivity contribution in [1.29, 1.82) is 0 Å². The molecular formula is C29H34FN3O2S. The molecule has 0 radical (unpaired) electrons. The number of unbranched alkanes of at least 4 members (excludes halogenated alkanes) is 1. The first-order valence-electron chi connectivity index (χ1n) is 12.9. The fourth-order valence-corrected chi connectivity index (χ4v) is 6.97. The summed E-state index contributed by atoms with van der Waals surface area (Å²) in [5, 5.41) is 0. The summed E-state index contributed by atoms with van der Waals surface area (Å²) in [5.74, 6) is -0.308. The van der Waals surface area contributed by atoms with Gasteiger partial charge in [-0.1, -0.05) is 50.1 Å². The lowest BCUT2D eigenvalue weighted by molar-refractivity contribution is 0.351. The second-order valence-electron chi connectivity index (χ2n) is 9.80. The van der Waals surface area contributed by atoms with Crippen LogP contribution in [0.3, 0.4) is 0 Å². The van der Waals surface area contributed by atoms with Crippen molar-refractivity contribution in [3.63, 3.8) is 0 Å². The molecule has 0 bridgehead atoms. The van der Waals surface area contributed by atoms with Gasteiger partial charge in [0, 0.05) is 49.7 Å². The lowest BCUT2D eigenvalue weighted by Crippen LogP contribution is -2.40. The van der Waals surface area contributed by atoms with Crippen LogP contribution < -0.4 is 9.80 Å². The van der Waals surface area contributed by atoms with E-state index < -0.39 is 10.0 Å². The van der Waals surface area contributed by atoms with Gasteiger partial charge in [-0.25, -0.2) is 12.8 Å². The second-order valence-corrected chi connectivity index (χ2v) is 11.8. The molecule has 0 spiro atoms. The Morgan fingerprint density at radius 2 is 1.64 bits per heavy atom. The topological polar surface area (TPSA) is 43.9 Å². The molecule has 190 valence electrons. The zero-order valence-corrected chi connectivity index (χ0v) is 21.8. The van der Waals surface area contributed by atoms with Gasteiger partial charge in [-0.15, -0.1) is 0 Å². The highest BCUT2D eigenvalue weighted by Crippen LogP contribution is 2.45. The minimum absolute atomic E-state index is 0.146. The van der Waals surface area contributed by atoms with E-state index in [0.29, 0.717) is 17.1 Å². The fourth-order valence-electron chi connectivity index (χ4n) is 5.40. The van der Waals surface area contributed by atoms with E-state index in [1.165, 1.54) is 12.1 Å². The van der Waals surface area contributed by atoms with E-state index in [4.69, 9.17) is 0 Å². The molecule has 5 nitrogen and oxygen atoms in total. The van der Waals surface area contributed by atoms with Crippen LogP contribution in [0.25, 0.3) is 11.1 Å². The third-order valence-corrected chi connectivity index (χ3v) is 9.43. The van der Waals surface area contributed by atoms with Crippen molar-refractivity contribution in [1.82, 2.24) is 4.31 Å². The highest BCUT2D eigenvalue weighted by Gasteiger charge is 2.38. The van der Waals surface area contributed by atoms with Crippen molar-refractivity contribution in [2.75, 3.05) is 36.5 Å². The highest BCUT2D eigenvalue weighted by molar-refractivity contribution is 7.89. The Morgan fingerprint density at radius 3 is 2.31 bits per heavy atom. The number of benzene rings is 3. The van der Waals surface area contributed by atoms with Gasteiger partial charge < -0.3 is 9.80 Å². The zero-order chi connectivity index (χ0) is 25.3. The molecule has 5 rings (SSSR count). The van der Waals surface area contributed by atoms with Crippen LogP contribution in [0.5, 0.6) is 0 Å². The van der Waals surface area contributed by atoms with Gasteiger partial charge in [0.2, 0.25) is 10.0 Å². The molecule has 2 aliphatic rings. The summed E-state index contributed by atoms with van der Waals surface area (Å²) in [6.45, 7) is 4.56. The van der Waals surface area contributed by atoms with Gasteiger partial charge in [-0.05, 0) is 61.2 Å². The molecule has 0 aliphatic carbocycles. The van der Waals surface area contributed by atoms with Crippen molar-refractivity contribution in [3.05, 3.63) is 72.5 Å². The number of hydrogen-bond donors (Lipinski definition) is 0. The Balaban J connectivity index is 1.76. The van der Waals surface area contributed by atoms with Crippen LogP contribution in [0.4, 0.5) is 21.5 Å². The predicted molar refractivity (Wildman–Crippen MR) is 145 cm³/mol. The number of likely N-dealkylation sites (N-methyl/N-ethyl adjacent to an activating group) is 1. The number of para-hydroxylation sites is 1. The minimum atomic E-state index is -3.76. The summed E-state index contributed by atoms with van der Waals surface area (Å²) in [5.41, 5.74) is 4.33. The molecule has 0 amide bonds. The molecule has 0 saturated carbocycles. The molecule has 7 heteroatoms. The minimum Gasteiger partial charge on any atom is -0.371 e. The number of anilines is 3. The number of sulfonamides is 1. The van der Waals surface area contributed by atoms with E-state index in [2.05, 4.69) is 22.8 Å². The van der Waals surface area contributed by atoms with E-state index in [1.807, 2.05) is 36.4 Å². The van der Waals surface area contributed by atoms with Crippen molar-refractivity contribution in [2.45, 2.75) is 50.0 Å². The predicted octanol–water partition coefficient (Wildman–Crippen LogP) is 6.42. The second kappa shape index (κ2) is 10.2. The van der Waals surface area contributed by atoms with Gasteiger partial charge in [0.1, 0.15) is 10.7 Å². The standard InChI is InChI=1S/C29H34FN3O2S/c1-3-4-10-25-21-33(24-11-6-5-7-12-24)28-20-27(32-17-8-9-18-32)26(22-13-15-23(30)16-14-22)19-29(28)36(34,35)31(25)2/h5-7,11-16,19-20,25H,3-4,8-10,17-18,21H2,1-2H3/t25-/m1/s1. The molecule has 3 aromatic carbocycles. The maximum Gasteiger partial charge on any atom is 0.245 e. The molecular weight excluding hydrogens is 473 g/mol. The largest absolute Gasteiger partial charge is 0.371 e. The van der Waals surface area contributed by atoms with E-state index in [1.54, 1.807) is 23.5 Å². The molecule has 1 atom stereocenters. The third kappa shape index (κ3) is 4.62. The van der Waals surface area contributed by atoms with Gasteiger partial charge in [0.05, 0.1) is 5.69 Å².